The Morgan fingerprint density at radius 1 is 1.24 bits per heavy atom. The van der Waals surface area contributed by atoms with Crippen LogP contribution in [0.4, 0.5) is 15.8 Å². The van der Waals surface area contributed by atoms with Crippen LogP contribution in [-0.4, -0.2) is 17.6 Å². The Morgan fingerprint density at radius 2 is 2.10 bits per heavy atom. The van der Waals surface area contributed by atoms with Crippen molar-refractivity contribution < 1.29 is 14.3 Å². The number of nitrogens with one attached hydrogen (secondary N) is 2. The van der Waals surface area contributed by atoms with Crippen LogP contribution in [0, 0.1) is 5.82 Å². The van der Waals surface area contributed by atoms with Crippen LogP contribution in [-0.2, 0) is 6.42 Å². The van der Waals surface area contributed by atoms with Gasteiger partial charge >= 0.3 is 0 Å². The summed E-state index contributed by atoms with van der Waals surface area (Å²) >= 11 is 0. The van der Waals surface area contributed by atoms with Crippen LogP contribution in [0.3, 0.4) is 0 Å². The zero-order valence-electron chi connectivity index (χ0n) is 11.3. The summed E-state index contributed by atoms with van der Waals surface area (Å²) in [6, 6.07) is 9.09. The van der Waals surface area contributed by atoms with Gasteiger partial charge in [0.2, 0.25) is 0 Å². The quantitative estimate of drug-likeness (QED) is 0.794. The van der Waals surface area contributed by atoms with Crippen LogP contribution in [0.25, 0.3) is 0 Å². The van der Waals surface area contributed by atoms with Gasteiger partial charge in [-0.3, -0.25) is 4.79 Å². The van der Waals surface area contributed by atoms with Gasteiger partial charge in [-0.15, -0.1) is 0 Å². The fourth-order valence-corrected chi connectivity index (χ4v) is 2.43. The van der Waals surface area contributed by atoms with E-state index in [1.54, 1.807) is 0 Å². The number of carbonyl (C=O) groups is 1. The van der Waals surface area contributed by atoms with Gasteiger partial charge in [-0.05, 0) is 42.7 Å². The Hall–Kier alpha value is -2.56. The van der Waals surface area contributed by atoms with E-state index in [9.17, 15) is 9.18 Å². The van der Waals surface area contributed by atoms with E-state index in [0.717, 1.165) is 31.1 Å². The highest BCUT2D eigenvalue weighted by Crippen LogP contribution is 2.26. The molecule has 1 heterocycles. The zero-order valence-corrected chi connectivity index (χ0v) is 11.3. The zero-order chi connectivity index (χ0) is 14.8. The van der Waals surface area contributed by atoms with Gasteiger partial charge in [-0.25, -0.2) is 4.39 Å². The van der Waals surface area contributed by atoms with Gasteiger partial charge in [-0.2, -0.15) is 0 Å². The highest BCUT2D eigenvalue weighted by Gasteiger charge is 2.14. The number of rotatable bonds is 2. The Balaban J connectivity index is 1.81. The standard InChI is InChI=1S/C16H15FN2O2/c17-14-9-12(20)5-6-13(14)16(21)19-11-4-3-10-2-1-7-18-15(10)8-11/h3-6,8-9,18,20H,1-2,7H2,(H,19,21). The molecular formula is C16H15FN2O2. The largest absolute Gasteiger partial charge is 0.508 e. The third-order valence-electron chi connectivity index (χ3n) is 3.50. The summed E-state index contributed by atoms with van der Waals surface area (Å²) in [7, 11) is 0. The van der Waals surface area contributed by atoms with E-state index in [2.05, 4.69) is 10.6 Å². The number of anilines is 2. The average molecular weight is 286 g/mol. The Kier molecular flexibility index (Phi) is 3.48. The molecule has 1 amide bonds. The maximum atomic E-state index is 13.6. The molecule has 1 aliphatic rings. The van der Waals surface area contributed by atoms with Gasteiger partial charge in [0.25, 0.3) is 5.91 Å². The summed E-state index contributed by atoms with van der Waals surface area (Å²) in [6.07, 6.45) is 2.11. The van der Waals surface area contributed by atoms with Crippen LogP contribution in [0.2, 0.25) is 0 Å². The number of benzene rings is 2. The molecule has 0 aliphatic carbocycles. The molecular weight excluding hydrogens is 271 g/mol. The molecule has 0 unspecified atom stereocenters. The molecule has 4 nitrogen and oxygen atoms in total. The molecule has 1 aliphatic heterocycles. The first-order valence-electron chi connectivity index (χ1n) is 6.80. The minimum atomic E-state index is -0.747. The number of aryl methyl sites for hydroxylation is 1. The maximum Gasteiger partial charge on any atom is 0.258 e. The van der Waals surface area contributed by atoms with Crippen LogP contribution >= 0.6 is 0 Å². The first-order valence-corrected chi connectivity index (χ1v) is 6.80. The van der Waals surface area contributed by atoms with E-state index >= 15 is 0 Å². The lowest BCUT2D eigenvalue weighted by molar-refractivity contribution is 0.102. The smallest absolute Gasteiger partial charge is 0.258 e. The summed E-state index contributed by atoms with van der Waals surface area (Å²) in [4.78, 5) is 12.1. The van der Waals surface area contributed by atoms with Crippen molar-refractivity contribution in [2.75, 3.05) is 17.2 Å². The van der Waals surface area contributed by atoms with E-state index < -0.39 is 11.7 Å². The van der Waals surface area contributed by atoms with Gasteiger partial charge < -0.3 is 15.7 Å². The fourth-order valence-electron chi connectivity index (χ4n) is 2.43. The molecule has 21 heavy (non-hydrogen) atoms. The lowest BCUT2D eigenvalue weighted by atomic mass is 10.0. The van der Waals surface area contributed by atoms with Crippen molar-refractivity contribution in [3.8, 4) is 5.75 Å². The van der Waals surface area contributed by atoms with Crippen molar-refractivity contribution in [3.05, 3.63) is 53.3 Å². The first kappa shape index (κ1) is 13.4. The molecule has 0 bridgehead atoms. The van der Waals surface area contributed by atoms with Gasteiger partial charge in [0.1, 0.15) is 11.6 Å². The summed E-state index contributed by atoms with van der Waals surface area (Å²) in [5.41, 5.74) is 2.74. The van der Waals surface area contributed by atoms with Crippen LogP contribution in [0.5, 0.6) is 5.75 Å². The van der Waals surface area contributed by atoms with Gasteiger partial charge in [0.15, 0.2) is 0 Å². The Labute approximate surface area is 121 Å². The molecule has 0 saturated carbocycles. The second-order valence-corrected chi connectivity index (χ2v) is 5.02. The van der Waals surface area contributed by atoms with Crippen molar-refractivity contribution in [3.63, 3.8) is 0 Å². The van der Waals surface area contributed by atoms with E-state index in [-0.39, 0.29) is 11.3 Å². The normalized spacial score (nSPS) is 13.2. The highest BCUT2D eigenvalue weighted by molar-refractivity contribution is 6.04. The van der Waals surface area contributed by atoms with Crippen LogP contribution < -0.4 is 10.6 Å². The molecule has 5 heteroatoms. The minimum absolute atomic E-state index is 0.0986. The Morgan fingerprint density at radius 3 is 2.90 bits per heavy atom. The topological polar surface area (TPSA) is 61.4 Å². The average Bonchev–Trinajstić information content (AvgIpc) is 2.47. The lowest BCUT2D eigenvalue weighted by Gasteiger charge is -2.19. The second-order valence-electron chi connectivity index (χ2n) is 5.02. The van der Waals surface area contributed by atoms with Crippen molar-refractivity contribution in [1.82, 2.24) is 0 Å². The highest BCUT2D eigenvalue weighted by atomic mass is 19.1. The summed E-state index contributed by atoms with van der Waals surface area (Å²) in [6.45, 7) is 0.914. The molecule has 0 atom stereocenters. The van der Waals surface area contributed by atoms with Gasteiger partial charge in [0, 0.05) is 24.0 Å². The van der Waals surface area contributed by atoms with Crippen molar-refractivity contribution in [1.29, 1.82) is 0 Å². The van der Waals surface area contributed by atoms with Crippen molar-refractivity contribution in [2.45, 2.75) is 12.8 Å². The predicted molar refractivity (Wildman–Crippen MR) is 79.3 cm³/mol. The maximum absolute atomic E-state index is 13.6. The number of carbonyl (C=O) groups excluding carboxylic acids is 1. The third-order valence-corrected chi connectivity index (χ3v) is 3.50. The number of phenolic OH excluding ortho intramolecular Hbond substituents is 1. The van der Waals surface area contributed by atoms with Crippen LogP contribution in [0.1, 0.15) is 22.3 Å². The number of hydrogen-bond acceptors (Lipinski definition) is 3. The third kappa shape index (κ3) is 2.81. The number of aromatic hydroxyl groups is 1. The molecule has 2 aromatic carbocycles. The molecule has 3 N–H and O–H groups in total. The number of hydrogen-bond donors (Lipinski definition) is 3. The first-order chi connectivity index (χ1) is 10.1. The molecule has 0 aromatic heterocycles. The minimum Gasteiger partial charge on any atom is -0.508 e. The SMILES string of the molecule is O=C(Nc1ccc2c(c1)NCCC2)c1ccc(O)cc1F. The summed E-state index contributed by atoms with van der Waals surface area (Å²) in [5.74, 6) is -1.49. The van der Waals surface area contributed by atoms with E-state index in [1.807, 2.05) is 18.2 Å². The van der Waals surface area contributed by atoms with E-state index in [0.29, 0.717) is 5.69 Å². The molecule has 108 valence electrons. The number of halogens is 1. The van der Waals surface area contributed by atoms with E-state index in [4.69, 9.17) is 5.11 Å². The van der Waals surface area contributed by atoms with Crippen molar-refractivity contribution in [2.24, 2.45) is 0 Å². The molecule has 0 saturated heterocycles. The summed E-state index contributed by atoms with van der Waals surface area (Å²) < 4.78 is 13.6. The number of amides is 1. The lowest BCUT2D eigenvalue weighted by Crippen LogP contribution is -2.15. The molecule has 2 aromatic rings. The summed E-state index contributed by atoms with van der Waals surface area (Å²) in [5, 5.41) is 15.1. The van der Waals surface area contributed by atoms with Crippen LogP contribution in [0.15, 0.2) is 36.4 Å². The van der Waals surface area contributed by atoms with E-state index in [1.165, 1.54) is 17.7 Å². The van der Waals surface area contributed by atoms with Crippen molar-refractivity contribution >= 4 is 17.3 Å². The second kappa shape index (κ2) is 5.44. The van der Waals surface area contributed by atoms with Gasteiger partial charge in [-0.1, -0.05) is 6.07 Å². The number of fused-ring (bicyclic) bond motifs is 1. The molecule has 0 radical (unpaired) electrons. The number of phenols is 1. The van der Waals surface area contributed by atoms with Gasteiger partial charge in [0.05, 0.1) is 5.56 Å². The molecule has 0 spiro atoms. The predicted octanol–water partition coefficient (Wildman–Crippen LogP) is 3.14. The molecule has 0 fully saturated rings. The fraction of sp³-hybridized carbons (Fsp3) is 0.188. The monoisotopic (exact) mass is 286 g/mol. The Bertz CT molecular complexity index is 701. The molecule has 3 rings (SSSR count).